The molecule has 1 rings (SSSR count). The molecule has 1 amide bonds. The number of likely N-dealkylation sites (N-methyl/N-ethyl adjacent to an activating group) is 1. The van der Waals surface area contributed by atoms with Crippen LogP contribution in [0.25, 0.3) is 0 Å². The van der Waals surface area contributed by atoms with E-state index in [4.69, 9.17) is 0 Å². The first-order chi connectivity index (χ1) is 7.57. The lowest BCUT2D eigenvalue weighted by Crippen LogP contribution is -2.38. The Balaban J connectivity index is 2.78. The zero-order chi connectivity index (χ0) is 12.1. The van der Waals surface area contributed by atoms with Gasteiger partial charge in [-0.2, -0.15) is 0 Å². The molecule has 0 fully saturated rings. The number of hydrogen-bond donors (Lipinski definition) is 1. The van der Waals surface area contributed by atoms with Crippen molar-refractivity contribution in [2.45, 2.75) is 19.1 Å². The molecule has 0 spiro atoms. The third kappa shape index (κ3) is 2.70. The van der Waals surface area contributed by atoms with Crippen molar-refractivity contribution in [2.24, 2.45) is 0 Å². The van der Waals surface area contributed by atoms with Crippen LogP contribution in [0.1, 0.15) is 18.6 Å². The minimum Gasteiger partial charge on any atom is -0.386 e. The summed E-state index contributed by atoms with van der Waals surface area (Å²) in [4.78, 5) is 12.9. The van der Waals surface area contributed by atoms with Crippen molar-refractivity contribution in [2.75, 3.05) is 7.05 Å². The topological polar surface area (TPSA) is 40.5 Å². The monoisotopic (exact) mass is 219 g/mol. The van der Waals surface area contributed by atoms with Gasteiger partial charge in [-0.15, -0.1) is 0 Å². The lowest BCUT2D eigenvalue weighted by Gasteiger charge is -2.28. The Morgan fingerprint density at radius 2 is 2.00 bits per heavy atom. The minimum absolute atomic E-state index is 0.192. The summed E-state index contributed by atoms with van der Waals surface area (Å²) >= 11 is 0. The first-order valence-electron chi connectivity index (χ1n) is 5.20. The molecule has 1 aromatic carbocycles. The van der Waals surface area contributed by atoms with Gasteiger partial charge in [0, 0.05) is 7.05 Å². The number of nitrogens with zero attached hydrogens (tertiary/aromatic N) is 1. The van der Waals surface area contributed by atoms with E-state index in [-0.39, 0.29) is 11.9 Å². The molecule has 0 radical (unpaired) electrons. The zero-order valence-electron chi connectivity index (χ0n) is 9.63. The number of benzene rings is 1. The maximum Gasteiger partial charge on any atom is 0.246 e. The number of aliphatic hydroxyl groups excluding tert-OH is 1. The van der Waals surface area contributed by atoms with Gasteiger partial charge in [0.05, 0.1) is 12.1 Å². The van der Waals surface area contributed by atoms with E-state index in [1.807, 2.05) is 30.3 Å². The van der Waals surface area contributed by atoms with E-state index < -0.39 is 6.10 Å². The van der Waals surface area contributed by atoms with Crippen LogP contribution in [0.3, 0.4) is 0 Å². The van der Waals surface area contributed by atoms with Crippen molar-refractivity contribution in [1.82, 2.24) is 4.90 Å². The molecule has 0 aromatic heterocycles. The molecule has 3 nitrogen and oxygen atoms in total. The second kappa shape index (κ2) is 5.47. The Labute approximate surface area is 96.0 Å². The molecule has 86 valence electrons. The number of aliphatic hydroxyl groups is 1. The molecule has 0 aliphatic rings. The van der Waals surface area contributed by atoms with E-state index in [2.05, 4.69) is 6.58 Å². The van der Waals surface area contributed by atoms with Crippen LogP contribution in [0, 0.1) is 0 Å². The van der Waals surface area contributed by atoms with Crippen LogP contribution in [0.5, 0.6) is 0 Å². The van der Waals surface area contributed by atoms with E-state index in [1.54, 1.807) is 14.0 Å². The molecule has 0 saturated heterocycles. The molecular weight excluding hydrogens is 202 g/mol. The molecule has 1 N–H and O–H groups in total. The van der Waals surface area contributed by atoms with Crippen LogP contribution in [-0.2, 0) is 4.79 Å². The average Bonchev–Trinajstić information content (AvgIpc) is 2.36. The highest BCUT2D eigenvalue weighted by Crippen LogP contribution is 2.19. The van der Waals surface area contributed by atoms with Crippen LogP contribution < -0.4 is 0 Å². The summed E-state index contributed by atoms with van der Waals surface area (Å²) in [6, 6.07) is 9.01. The number of carbonyl (C=O) groups excluding carboxylic acids is 1. The maximum absolute atomic E-state index is 11.4. The van der Waals surface area contributed by atoms with Crippen molar-refractivity contribution >= 4 is 5.91 Å². The fraction of sp³-hybridized carbons (Fsp3) is 0.308. The van der Waals surface area contributed by atoms with E-state index in [9.17, 15) is 9.90 Å². The van der Waals surface area contributed by atoms with Crippen molar-refractivity contribution in [3.8, 4) is 0 Å². The molecule has 0 bridgehead atoms. The van der Waals surface area contributed by atoms with Crippen molar-refractivity contribution in [3.05, 3.63) is 48.6 Å². The predicted octanol–water partition coefficient (Wildman–Crippen LogP) is 1.75. The van der Waals surface area contributed by atoms with Crippen LogP contribution in [0.15, 0.2) is 43.0 Å². The Morgan fingerprint density at radius 1 is 1.44 bits per heavy atom. The molecule has 0 aliphatic carbocycles. The second-order valence-electron chi connectivity index (χ2n) is 3.75. The first kappa shape index (κ1) is 12.5. The molecule has 2 atom stereocenters. The van der Waals surface area contributed by atoms with Crippen LogP contribution >= 0.6 is 0 Å². The molecule has 3 heteroatoms. The maximum atomic E-state index is 11.4. The molecule has 0 saturated carbocycles. The van der Waals surface area contributed by atoms with Gasteiger partial charge in [-0.25, -0.2) is 0 Å². The minimum atomic E-state index is -0.685. The Bertz CT molecular complexity index is 361. The number of amides is 1. The van der Waals surface area contributed by atoms with E-state index in [0.717, 1.165) is 5.56 Å². The van der Waals surface area contributed by atoms with Gasteiger partial charge in [0.1, 0.15) is 0 Å². The molecule has 1 aromatic rings. The Hall–Kier alpha value is -1.61. The molecule has 16 heavy (non-hydrogen) atoms. The zero-order valence-corrected chi connectivity index (χ0v) is 9.63. The summed E-state index contributed by atoms with van der Waals surface area (Å²) in [5, 5.41) is 10.1. The van der Waals surface area contributed by atoms with Crippen molar-refractivity contribution in [1.29, 1.82) is 0 Å². The number of hydrogen-bond acceptors (Lipinski definition) is 2. The van der Waals surface area contributed by atoms with Crippen LogP contribution in [0.2, 0.25) is 0 Å². The van der Waals surface area contributed by atoms with Gasteiger partial charge >= 0.3 is 0 Å². The normalized spacial score (nSPS) is 13.9. The third-order valence-electron chi connectivity index (χ3n) is 2.73. The highest BCUT2D eigenvalue weighted by Gasteiger charge is 2.22. The summed E-state index contributed by atoms with van der Waals surface area (Å²) in [6.07, 6.45) is 0.559. The molecule has 0 aliphatic heterocycles. The lowest BCUT2D eigenvalue weighted by molar-refractivity contribution is -0.128. The predicted molar refractivity (Wildman–Crippen MR) is 63.8 cm³/mol. The third-order valence-corrected chi connectivity index (χ3v) is 2.73. The van der Waals surface area contributed by atoms with Gasteiger partial charge in [-0.3, -0.25) is 4.79 Å². The Morgan fingerprint density at radius 3 is 2.50 bits per heavy atom. The van der Waals surface area contributed by atoms with E-state index in [0.29, 0.717) is 0 Å². The fourth-order valence-electron chi connectivity index (χ4n) is 1.49. The van der Waals surface area contributed by atoms with Crippen molar-refractivity contribution in [3.63, 3.8) is 0 Å². The Kier molecular flexibility index (Phi) is 4.26. The largest absolute Gasteiger partial charge is 0.386 e. The van der Waals surface area contributed by atoms with Gasteiger partial charge in [0.2, 0.25) is 5.91 Å². The highest BCUT2D eigenvalue weighted by molar-refractivity contribution is 5.87. The van der Waals surface area contributed by atoms with Crippen molar-refractivity contribution < 1.29 is 9.90 Å². The van der Waals surface area contributed by atoms with Gasteiger partial charge in [-0.1, -0.05) is 36.9 Å². The van der Waals surface area contributed by atoms with Gasteiger partial charge in [0.15, 0.2) is 0 Å². The van der Waals surface area contributed by atoms with E-state index in [1.165, 1.54) is 11.0 Å². The smallest absolute Gasteiger partial charge is 0.246 e. The molecule has 0 heterocycles. The van der Waals surface area contributed by atoms with Gasteiger partial charge < -0.3 is 10.0 Å². The number of carbonyl (C=O) groups is 1. The summed E-state index contributed by atoms with van der Waals surface area (Å²) in [5.41, 5.74) is 0.804. The lowest BCUT2D eigenvalue weighted by atomic mass is 10.0. The first-order valence-corrected chi connectivity index (χ1v) is 5.20. The second-order valence-corrected chi connectivity index (χ2v) is 3.75. The molecule has 0 unspecified atom stereocenters. The standard InChI is InChI=1S/C13H17NO2/c1-4-12(15)14(3)10(2)13(16)11-8-6-5-7-9-11/h4-10,13,16H,1H2,2-3H3/t10-,13-/m0/s1. The average molecular weight is 219 g/mol. The fourth-order valence-corrected chi connectivity index (χ4v) is 1.49. The summed E-state index contributed by atoms with van der Waals surface area (Å²) in [7, 11) is 1.65. The highest BCUT2D eigenvalue weighted by atomic mass is 16.3. The van der Waals surface area contributed by atoms with Gasteiger partial charge in [0.25, 0.3) is 0 Å². The van der Waals surface area contributed by atoms with E-state index >= 15 is 0 Å². The van der Waals surface area contributed by atoms with Gasteiger partial charge in [-0.05, 0) is 18.6 Å². The quantitative estimate of drug-likeness (QED) is 0.784. The van der Waals surface area contributed by atoms with Crippen LogP contribution in [0.4, 0.5) is 0 Å². The summed E-state index contributed by atoms with van der Waals surface area (Å²) in [6.45, 7) is 5.23. The summed E-state index contributed by atoms with van der Waals surface area (Å²) < 4.78 is 0. The molecular formula is C13H17NO2. The SMILES string of the molecule is C=CC(=O)N(C)[C@@H](C)[C@H](O)c1ccccc1. The number of rotatable bonds is 4. The van der Waals surface area contributed by atoms with Crippen LogP contribution in [-0.4, -0.2) is 29.0 Å². The summed E-state index contributed by atoms with van der Waals surface area (Å²) in [5.74, 6) is -0.192.